The van der Waals surface area contributed by atoms with Gasteiger partial charge in [-0.1, -0.05) is 18.2 Å². The van der Waals surface area contributed by atoms with Crippen molar-refractivity contribution in [3.8, 4) is 5.75 Å². The number of aromatic nitrogens is 3. The number of hydroxylamine groups is 1. The second-order valence-electron chi connectivity index (χ2n) is 9.80. The lowest BCUT2D eigenvalue weighted by atomic mass is 9.87. The van der Waals surface area contributed by atoms with E-state index in [4.69, 9.17) is 14.6 Å². The average Bonchev–Trinajstić information content (AvgIpc) is 3.64. The predicted octanol–water partition coefficient (Wildman–Crippen LogP) is 4.63. The van der Waals surface area contributed by atoms with Crippen molar-refractivity contribution in [3.63, 3.8) is 0 Å². The monoisotopic (exact) mass is 545 g/mol. The van der Waals surface area contributed by atoms with E-state index < -0.39 is 17.5 Å². The zero-order valence-corrected chi connectivity index (χ0v) is 21.4. The molecule has 38 heavy (non-hydrogen) atoms. The van der Waals surface area contributed by atoms with Crippen LogP contribution in [0.3, 0.4) is 0 Å². The molecule has 12 heteroatoms. The summed E-state index contributed by atoms with van der Waals surface area (Å²) in [5, 5.41) is 6.58. The molecule has 2 aromatic heterocycles. The van der Waals surface area contributed by atoms with Gasteiger partial charge in [0.1, 0.15) is 17.9 Å². The van der Waals surface area contributed by atoms with Crippen molar-refractivity contribution >= 4 is 22.9 Å². The number of likely N-dealkylation sites (tertiary alicyclic amines) is 1. The van der Waals surface area contributed by atoms with Crippen LogP contribution in [0.15, 0.2) is 41.8 Å². The van der Waals surface area contributed by atoms with Gasteiger partial charge in [0.15, 0.2) is 5.69 Å². The summed E-state index contributed by atoms with van der Waals surface area (Å²) in [6.07, 6.45) is -0.282. The fraction of sp³-hybridized carbons (Fsp3) is 0.423. The van der Waals surface area contributed by atoms with E-state index in [1.807, 2.05) is 29.6 Å². The molecule has 5 heterocycles. The lowest BCUT2D eigenvalue weighted by Gasteiger charge is -2.32. The number of nitrogens with zero attached hydrogens (tertiary/aromatic N) is 4. The molecule has 8 nitrogen and oxygen atoms in total. The van der Waals surface area contributed by atoms with E-state index in [-0.39, 0.29) is 18.4 Å². The molecule has 0 bridgehead atoms. The van der Waals surface area contributed by atoms with Crippen molar-refractivity contribution in [2.75, 3.05) is 19.7 Å². The highest BCUT2D eigenvalue weighted by Gasteiger charge is 2.42. The summed E-state index contributed by atoms with van der Waals surface area (Å²) in [5.41, 5.74) is 4.43. The molecule has 0 radical (unpaired) electrons. The number of halogens is 3. The largest absolute Gasteiger partial charge is 0.493 e. The summed E-state index contributed by atoms with van der Waals surface area (Å²) in [5.74, 6) is 0.797. The Hall–Kier alpha value is -3.38. The van der Waals surface area contributed by atoms with E-state index in [2.05, 4.69) is 16.7 Å². The quantitative estimate of drug-likeness (QED) is 0.515. The van der Waals surface area contributed by atoms with Gasteiger partial charge in [0.05, 0.1) is 23.0 Å². The first-order chi connectivity index (χ1) is 18.2. The standard InChI is InChI=1S/C26H26F3N5O3S/c1-16-12-22(26(27,28)29)31-34(16)14-23(35)33-9-6-17(7-10-33)24-30-20(15-38-24)19-13-25(37-32-19)8-11-36-21-5-3-2-4-18(21)25/h2-5,12-13,15,17,32H,6-11,14H2,1H3. The molecule has 3 aliphatic rings. The molecular formula is C26H26F3N5O3S. The van der Waals surface area contributed by atoms with Gasteiger partial charge in [0, 0.05) is 42.1 Å². The SMILES string of the molecule is Cc1cc(C(F)(F)F)nn1CC(=O)N1CCC(c2nc(C3=CC4(CCOc5ccccc54)ON3)cs2)CC1. The van der Waals surface area contributed by atoms with Crippen molar-refractivity contribution in [1.29, 1.82) is 0 Å². The molecule has 1 atom stereocenters. The Morgan fingerprint density at radius 2 is 2.05 bits per heavy atom. The molecule has 1 spiro atoms. The van der Waals surface area contributed by atoms with Gasteiger partial charge in [-0.25, -0.2) is 4.98 Å². The van der Waals surface area contributed by atoms with Crippen LogP contribution in [0.25, 0.3) is 5.70 Å². The molecule has 1 unspecified atom stereocenters. The molecule has 3 aliphatic heterocycles. The zero-order chi connectivity index (χ0) is 26.5. The summed E-state index contributed by atoms with van der Waals surface area (Å²) >= 11 is 1.59. The Labute approximate surface area is 221 Å². The van der Waals surface area contributed by atoms with Crippen molar-refractivity contribution in [3.05, 3.63) is 69.4 Å². The minimum atomic E-state index is -4.53. The van der Waals surface area contributed by atoms with Crippen LogP contribution < -0.4 is 10.2 Å². The van der Waals surface area contributed by atoms with Gasteiger partial charge in [-0.05, 0) is 38.0 Å². The van der Waals surface area contributed by atoms with Gasteiger partial charge in [-0.15, -0.1) is 11.3 Å². The van der Waals surface area contributed by atoms with Gasteiger partial charge >= 0.3 is 6.18 Å². The number of carbonyl (C=O) groups is 1. The number of para-hydroxylation sites is 1. The number of hydrogen-bond acceptors (Lipinski definition) is 7. The topological polar surface area (TPSA) is 81.5 Å². The summed E-state index contributed by atoms with van der Waals surface area (Å²) in [6.45, 7) is 2.92. The first-order valence-corrected chi connectivity index (χ1v) is 13.3. The number of thiazole rings is 1. The molecule has 1 aromatic carbocycles. The maximum atomic E-state index is 12.9. The van der Waals surface area contributed by atoms with E-state index in [1.165, 1.54) is 6.92 Å². The molecule has 0 saturated carbocycles. The van der Waals surface area contributed by atoms with E-state index in [0.717, 1.165) is 51.3 Å². The third-order valence-electron chi connectivity index (χ3n) is 7.35. The van der Waals surface area contributed by atoms with Crippen LogP contribution in [0.2, 0.25) is 0 Å². The molecule has 1 saturated heterocycles. The first-order valence-electron chi connectivity index (χ1n) is 12.5. The third-order valence-corrected chi connectivity index (χ3v) is 8.35. The van der Waals surface area contributed by atoms with E-state index in [9.17, 15) is 18.0 Å². The van der Waals surface area contributed by atoms with Crippen molar-refractivity contribution in [2.24, 2.45) is 0 Å². The van der Waals surface area contributed by atoms with Gasteiger partial charge < -0.3 is 9.64 Å². The Kier molecular flexibility index (Phi) is 6.18. The summed E-state index contributed by atoms with van der Waals surface area (Å²) in [7, 11) is 0. The minimum Gasteiger partial charge on any atom is -0.493 e. The number of hydrogen-bond donors (Lipinski definition) is 1. The molecule has 6 rings (SSSR count). The Balaban J connectivity index is 1.09. The van der Waals surface area contributed by atoms with Crippen LogP contribution in [0, 0.1) is 6.92 Å². The number of carbonyl (C=O) groups excluding carboxylic acids is 1. The predicted molar refractivity (Wildman–Crippen MR) is 133 cm³/mol. The molecule has 200 valence electrons. The van der Waals surface area contributed by atoms with E-state index in [1.54, 1.807) is 16.2 Å². The van der Waals surface area contributed by atoms with Crippen molar-refractivity contribution in [2.45, 2.75) is 50.4 Å². The molecule has 1 fully saturated rings. The molecule has 1 amide bonds. The number of amides is 1. The highest BCUT2D eigenvalue weighted by Crippen LogP contribution is 2.45. The number of aryl methyl sites for hydroxylation is 1. The summed E-state index contributed by atoms with van der Waals surface area (Å²) < 4.78 is 45.7. The van der Waals surface area contributed by atoms with Gasteiger partial charge in [-0.2, -0.15) is 18.3 Å². The lowest BCUT2D eigenvalue weighted by molar-refractivity contribution is -0.142. The van der Waals surface area contributed by atoms with Crippen LogP contribution in [-0.2, 0) is 28.0 Å². The minimum absolute atomic E-state index is 0.205. The number of ether oxygens (including phenoxy) is 1. The van der Waals surface area contributed by atoms with Gasteiger partial charge in [-0.3, -0.25) is 19.8 Å². The Morgan fingerprint density at radius 3 is 2.82 bits per heavy atom. The smallest absolute Gasteiger partial charge is 0.435 e. The molecule has 1 N–H and O–H groups in total. The summed E-state index contributed by atoms with van der Waals surface area (Å²) in [4.78, 5) is 25.4. The van der Waals surface area contributed by atoms with Gasteiger partial charge in [0.25, 0.3) is 0 Å². The maximum absolute atomic E-state index is 12.9. The van der Waals surface area contributed by atoms with Crippen LogP contribution in [-0.4, -0.2) is 45.3 Å². The number of alkyl halides is 3. The van der Waals surface area contributed by atoms with Gasteiger partial charge in [0.2, 0.25) is 5.91 Å². The Bertz CT molecular complexity index is 1390. The van der Waals surface area contributed by atoms with Crippen molar-refractivity contribution in [1.82, 2.24) is 25.1 Å². The number of benzene rings is 1. The van der Waals surface area contributed by atoms with Crippen LogP contribution in [0.5, 0.6) is 5.75 Å². The molecule has 3 aromatic rings. The average molecular weight is 546 g/mol. The fourth-order valence-corrected chi connectivity index (χ4v) is 6.21. The number of fused-ring (bicyclic) bond motifs is 2. The zero-order valence-electron chi connectivity index (χ0n) is 20.6. The van der Waals surface area contributed by atoms with Crippen LogP contribution in [0.1, 0.15) is 52.8 Å². The molecular weight excluding hydrogens is 519 g/mol. The first kappa shape index (κ1) is 24.9. The van der Waals surface area contributed by atoms with E-state index >= 15 is 0 Å². The lowest BCUT2D eigenvalue weighted by Crippen LogP contribution is -2.40. The second kappa shape index (κ2) is 9.42. The number of rotatable bonds is 4. The molecule has 0 aliphatic carbocycles. The Morgan fingerprint density at radius 1 is 1.26 bits per heavy atom. The van der Waals surface area contributed by atoms with E-state index in [0.29, 0.717) is 31.8 Å². The van der Waals surface area contributed by atoms with Crippen LogP contribution in [0.4, 0.5) is 13.2 Å². The van der Waals surface area contributed by atoms with Crippen LogP contribution >= 0.6 is 11.3 Å². The maximum Gasteiger partial charge on any atom is 0.435 e. The third kappa shape index (κ3) is 4.55. The number of piperidine rings is 1. The fourth-order valence-electron chi connectivity index (χ4n) is 5.22. The summed E-state index contributed by atoms with van der Waals surface area (Å²) in [6, 6.07) is 8.83. The second-order valence-corrected chi connectivity index (χ2v) is 10.7. The highest BCUT2D eigenvalue weighted by atomic mass is 32.1. The normalized spacial score (nSPS) is 21.7. The van der Waals surface area contributed by atoms with Crippen molar-refractivity contribution < 1.29 is 27.5 Å². The highest BCUT2D eigenvalue weighted by molar-refractivity contribution is 7.09. The number of nitrogens with one attached hydrogen (secondary N) is 1.